The Morgan fingerprint density at radius 3 is 2.33 bits per heavy atom. The Hall–Kier alpha value is -2.70. The number of alkyl halides is 5. The number of fused-ring (bicyclic) bond motifs is 1. The fourth-order valence-corrected chi connectivity index (χ4v) is 4.64. The van der Waals surface area contributed by atoms with Crippen molar-refractivity contribution >= 4 is 16.6 Å². The van der Waals surface area contributed by atoms with Crippen LogP contribution in [0.25, 0.3) is 10.9 Å². The number of aromatic nitrogens is 2. The molecule has 2 atom stereocenters. The Labute approximate surface area is 183 Å². The highest BCUT2D eigenvalue weighted by molar-refractivity contribution is 5.93. The average Bonchev–Trinajstić information content (AvgIpc) is 3.44. The second-order valence-electron chi connectivity index (χ2n) is 8.55. The van der Waals surface area contributed by atoms with Crippen LogP contribution in [0, 0.1) is 18.7 Å². The summed E-state index contributed by atoms with van der Waals surface area (Å²) in [6.45, 7) is 1.06. The van der Waals surface area contributed by atoms with E-state index in [1.54, 1.807) is 0 Å². The first-order chi connectivity index (χ1) is 15.3. The molecule has 33 heavy (non-hydrogen) atoms. The number of methoxy groups -OCH3 is 1. The van der Waals surface area contributed by atoms with Gasteiger partial charge in [0.05, 0.1) is 24.4 Å². The number of anilines is 1. The van der Waals surface area contributed by atoms with Crippen LogP contribution in [0.5, 0.6) is 5.75 Å². The summed E-state index contributed by atoms with van der Waals surface area (Å²) in [5.74, 6) is -7.78. The molecule has 4 rings (SSSR count). The molecule has 182 valence electrons. The topological polar surface area (TPSA) is 93.3 Å². The number of hydrogen-bond acceptors (Lipinski definition) is 5. The zero-order valence-electron chi connectivity index (χ0n) is 17.7. The molecular formula is C20H22F6N4O3. The molecule has 7 nitrogen and oxygen atoms in total. The monoisotopic (exact) mass is 480 g/mol. The molecule has 2 aliphatic rings. The third kappa shape index (κ3) is 3.56. The molecule has 0 radical (unpaired) electrons. The van der Waals surface area contributed by atoms with Crippen LogP contribution in [0.15, 0.2) is 9.59 Å². The number of hydrogen-bond donors (Lipinski definition) is 2. The molecule has 2 unspecified atom stereocenters. The van der Waals surface area contributed by atoms with Gasteiger partial charge in [-0.3, -0.25) is 14.3 Å². The highest BCUT2D eigenvalue weighted by Gasteiger charge is 2.63. The molecule has 0 spiro atoms. The lowest BCUT2D eigenvalue weighted by atomic mass is 9.94. The number of ether oxygens (including phenoxy) is 1. The molecule has 2 heterocycles. The first kappa shape index (κ1) is 23.5. The molecule has 3 N–H and O–H groups in total. The molecular weight excluding hydrogens is 458 g/mol. The summed E-state index contributed by atoms with van der Waals surface area (Å²) in [6, 6.07) is -2.72. The van der Waals surface area contributed by atoms with Gasteiger partial charge in [-0.1, -0.05) is 0 Å². The van der Waals surface area contributed by atoms with Crippen molar-refractivity contribution in [2.75, 3.05) is 25.1 Å². The Balaban J connectivity index is 1.84. The first-order valence-corrected chi connectivity index (χ1v) is 10.3. The van der Waals surface area contributed by atoms with E-state index in [0.717, 1.165) is 7.11 Å². The van der Waals surface area contributed by atoms with Gasteiger partial charge in [0.15, 0.2) is 11.6 Å². The first-order valence-electron chi connectivity index (χ1n) is 10.3. The van der Waals surface area contributed by atoms with Crippen LogP contribution in [0.3, 0.4) is 0 Å². The predicted molar refractivity (Wildman–Crippen MR) is 108 cm³/mol. The van der Waals surface area contributed by atoms with E-state index < -0.39 is 46.9 Å². The summed E-state index contributed by atoms with van der Waals surface area (Å²) in [5, 5.41) is -0.168. The normalized spacial score (nSPS) is 20.5. The van der Waals surface area contributed by atoms with E-state index in [9.17, 15) is 31.5 Å². The second-order valence-corrected chi connectivity index (χ2v) is 8.55. The van der Waals surface area contributed by atoms with Crippen LogP contribution in [-0.2, 0) is 0 Å². The zero-order chi connectivity index (χ0) is 24.5. The van der Waals surface area contributed by atoms with Crippen molar-refractivity contribution in [2.45, 2.75) is 50.4 Å². The molecule has 1 saturated heterocycles. The number of halogens is 6. The quantitative estimate of drug-likeness (QED) is 0.643. The number of H-pyrrole nitrogens is 1. The number of nitrogens with one attached hydrogen (secondary N) is 1. The molecule has 1 aromatic heterocycles. The third-order valence-electron chi connectivity index (χ3n) is 6.45. The summed E-state index contributed by atoms with van der Waals surface area (Å²) in [5.41, 5.74) is 4.01. The van der Waals surface area contributed by atoms with Gasteiger partial charge in [0.1, 0.15) is 5.39 Å². The maximum atomic E-state index is 15.5. The SMILES string of the molecule is COc1c(F)c(N2CCC(C(N)C(F)(F)C(F)(F)F)C2)c(C)c2c1c(=O)[nH]c(=O)n2C1CC1. The fraction of sp³-hybridized carbons (Fsp3) is 0.600. The van der Waals surface area contributed by atoms with Gasteiger partial charge in [0.25, 0.3) is 5.56 Å². The third-order valence-corrected chi connectivity index (χ3v) is 6.45. The van der Waals surface area contributed by atoms with Crippen LogP contribution < -0.4 is 26.6 Å². The summed E-state index contributed by atoms with van der Waals surface area (Å²) in [7, 11) is 1.13. The summed E-state index contributed by atoms with van der Waals surface area (Å²) in [6.07, 6.45) is -4.60. The summed E-state index contributed by atoms with van der Waals surface area (Å²) < 4.78 is 87.9. The maximum Gasteiger partial charge on any atom is 0.454 e. The van der Waals surface area contributed by atoms with Gasteiger partial charge in [-0.2, -0.15) is 22.0 Å². The van der Waals surface area contributed by atoms with Crippen molar-refractivity contribution < 1.29 is 31.1 Å². The Morgan fingerprint density at radius 2 is 1.79 bits per heavy atom. The molecule has 1 aromatic carbocycles. The molecule has 2 fully saturated rings. The average molecular weight is 480 g/mol. The molecule has 1 saturated carbocycles. The van der Waals surface area contributed by atoms with E-state index in [1.165, 1.54) is 16.4 Å². The number of rotatable bonds is 5. The second kappa shape index (κ2) is 7.67. The minimum atomic E-state index is -5.81. The van der Waals surface area contributed by atoms with E-state index in [-0.39, 0.29) is 47.7 Å². The summed E-state index contributed by atoms with van der Waals surface area (Å²) in [4.78, 5) is 28.5. The van der Waals surface area contributed by atoms with Crippen LogP contribution in [0.1, 0.15) is 30.9 Å². The number of aryl methyl sites for hydroxylation is 1. The van der Waals surface area contributed by atoms with E-state index in [4.69, 9.17) is 10.5 Å². The minimum Gasteiger partial charge on any atom is -0.493 e. The molecule has 0 bridgehead atoms. The highest BCUT2D eigenvalue weighted by Crippen LogP contribution is 2.45. The van der Waals surface area contributed by atoms with Gasteiger partial charge in [-0.25, -0.2) is 9.18 Å². The summed E-state index contributed by atoms with van der Waals surface area (Å²) >= 11 is 0. The molecule has 2 aromatic rings. The Morgan fingerprint density at radius 1 is 1.15 bits per heavy atom. The van der Waals surface area contributed by atoms with Crippen LogP contribution in [0.4, 0.5) is 32.0 Å². The van der Waals surface area contributed by atoms with Gasteiger partial charge in [0.2, 0.25) is 0 Å². The zero-order valence-corrected chi connectivity index (χ0v) is 17.7. The van der Waals surface area contributed by atoms with Gasteiger partial charge in [-0.05, 0) is 32.1 Å². The standard InChI is InChI=1S/C20H22F6N4O3/c1-8-13-11(17(31)28-18(32)30(13)10-3-4-10)15(33-2)12(21)14(8)29-6-5-9(7-29)16(27)19(22,23)20(24,25)26/h9-10,16H,3-7,27H2,1-2H3,(H,28,31,32). The number of aromatic amines is 1. The van der Waals surface area contributed by atoms with Gasteiger partial charge in [-0.15, -0.1) is 0 Å². The smallest absolute Gasteiger partial charge is 0.454 e. The molecule has 1 aliphatic carbocycles. The maximum absolute atomic E-state index is 15.5. The lowest BCUT2D eigenvalue weighted by Gasteiger charge is -2.30. The predicted octanol–water partition coefficient (Wildman–Crippen LogP) is 2.83. The molecule has 1 aliphatic heterocycles. The number of benzene rings is 1. The minimum absolute atomic E-state index is 0.0461. The Kier molecular flexibility index (Phi) is 5.45. The van der Waals surface area contributed by atoms with Crippen molar-refractivity contribution in [2.24, 2.45) is 11.7 Å². The van der Waals surface area contributed by atoms with Crippen LogP contribution in [0.2, 0.25) is 0 Å². The van der Waals surface area contributed by atoms with Crippen LogP contribution >= 0.6 is 0 Å². The molecule has 13 heteroatoms. The van der Waals surface area contributed by atoms with Crippen molar-refractivity contribution in [3.8, 4) is 5.75 Å². The number of nitrogens with zero attached hydrogens (tertiary/aromatic N) is 2. The van der Waals surface area contributed by atoms with Gasteiger partial charge in [0, 0.05) is 24.7 Å². The molecule has 0 amide bonds. The largest absolute Gasteiger partial charge is 0.493 e. The van der Waals surface area contributed by atoms with E-state index in [0.29, 0.717) is 12.8 Å². The Bertz CT molecular complexity index is 1220. The van der Waals surface area contributed by atoms with Crippen LogP contribution in [-0.4, -0.2) is 47.9 Å². The number of nitrogens with two attached hydrogens (primary N) is 1. The van der Waals surface area contributed by atoms with E-state index in [1.807, 2.05) is 0 Å². The fourth-order valence-electron chi connectivity index (χ4n) is 4.64. The van der Waals surface area contributed by atoms with Crippen molar-refractivity contribution in [1.82, 2.24) is 9.55 Å². The highest BCUT2D eigenvalue weighted by atomic mass is 19.4. The van der Waals surface area contributed by atoms with Crippen molar-refractivity contribution in [3.63, 3.8) is 0 Å². The van der Waals surface area contributed by atoms with Crippen molar-refractivity contribution in [3.05, 3.63) is 32.2 Å². The lowest BCUT2D eigenvalue weighted by Crippen LogP contribution is -2.55. The van der Waals surface area contributed by atoms with E-state index >= 15 is 4.39 Å². The van der Waals surface area contributed by atoms with Gasteiger partial charge < -0.3 is 15.4 Å². The van der Waals surface area contributed by atoms with E-state index in [2.05, 4.69) is 4.98 Å². The van der Waals surface area contributed by atoms with Gasteiger partial charge >= 0.3 is 17.8 Å². The van der Waals surface area contributed by atoms with Crippen molar-refractivity contribution in [1.29, 1.82) is 0 Å². The lowest BCUT2D eigenvalue weighted by molar-refractivity contribution is -0.293.